The van der Waals surface area contributed by atoms with Crippen molar-refractivity contribution in [3.05, 3.63) is 68.5 Å². The fourth-order valence-corrected chi connectivity index (χ4v) is 2.88. The SMILES string of the molecule is COc1nc2c(cc1CO)c(=O)c(C(=O)NCc1ccc(Cl)cc1)cn2C. The van der Waals surface area contributed by atoms with Crippen LogP contribution in [0.5, 0.6) is 5.88 Å². The molecule has 2 aromatic heterocycles. The Hall–Kier alpha value is -2.90. The molecule has 0 unspecified atom stereocenters. The van der Waals surface area contributed by atoms with Crippen LogP contribution in [0.2, 0.25) is 5.02 Å². The molecule has 1 aromatic carbocycles. The second-order valence-electron chi connectivity index (χ2n) is 5.98. The van der Waals surface area contributed by atoms with Gasteiger partial charge in [-0.25, -0.2) is 0 Å². The molecule has 2 heterocycles. The topological polar surface area (TPSA) is 93.5 Å². The highest BCUT2D eigenvalue weighted by Gasteiger charge is 2.17. The van der Waals surface area contributed by atoms with E-state index in [0.29, 0.717) is 16.2 Å². The van der Waals surface area contributed by atoms with Gasteiger partial charge in [0.15, 0.2) is 0 Å². The molecule has 0 saturated heterocycles. The minimum Gasteiger partial charge on any atom is -0.481 e. The van der Waals surface area contributed by atoms with Gasteiger partial charge in [0.1, 0.15) is 11.2 Å². The molecule has 7 nitrogen and oxygen atoms in total. The van der Waals surface area contributed by atoms with Gasteiger partial charge in [-0.05, 0) is 23.8 Å². The molecule has 140 valence electrons. The van der Waals surface area contributed by atoms with Crippen LogP contribution in [-0.2, 0) is 20.2 Å². The summed E-state index contributed by atoms with van der Waals surface area (Å²) in [5.74, 6) is -0.256. The number of methoxy groups -OCH3 is 1. The Morgan fingerprint density at radius 3 is 2.67 bits per heavy atom. The van der Waals surface area contributed by atoms with Crippen LogP contribution in [0.3, 0.4) is 0 Å². The summed E-state index contributed by atoms with van der Waals surface area (Å²) < 4.78 is 6.72. The summed E-state index contributed by atoms with van der Waals surface area (Å²) in [4.78, 5) is 29.6. The van der Waals surface area contributed by atoms with E-state index in [1.807, 2.05) is 0 Å². The summed E-state index contributed by atoms with van der Waals surface area (Å²) in [6, 6.07) is 8.55. The molecule has 0 bridgehead atoms. The van der Waals surface area contributed by atoms with Crippen LogP contribution >= 0.6 is 11.6 Å². The first-order valence-corrected chi connectivity index (χ1v) is 8.53. The summed E-state index contributed by atoms with van der Waals surface area (Å²) in [7, 11) is 3.12. The maximum atomic E-state index is 12.8. The molecule has 0 spiro atoms. The van der Waals surface area contributed by atoms with Crippen molar-refractivity contribution >= 4 is 28.5 Å². The number of nitrogens with one attached hydrogen (secondary N) is 1. The van der Waals surface area contributed by atoms with Crippen LogP contribution in [0.15, 0.2) is 41.3 Å². The van der Waals surface area contributed by atoms with E-state index in [9.17, 15) is 14.7 Å². The lowest BCUT2D eigenvalue weighted by molar-refractivity contribution is 0.0949. The Morgan fingerprint density at radius 2 is 2.04 bits per heavy atom. The van der Waals surface area contributed by atoms with Gasteiger partial charge in [0.05, 0.1) is 19.1 Å². The van der Waals surface area contributed by atoms with Gasteiger partial charge in [-0.3, -0.25) is 9.59 Å². The van der Waals surface area contributed by atoms with Crippen molar-refractivity contribution in [2.75, 3.05) is 7.11 Å². The standard InChI is InChI=1S/C19H18ClN3O4/c1-23-9-15(18(26)21-8-11-3-5-13(20)6-4-11)16(25)14-7-12(10-24)19(27-2)22-17(14)23/h3-7,9,24H,8,10H2,1-2H3,(H,21,26). The van der Waals surface area contributed by atoms with E-state index < -0.39 is 11.3 Å². The van der Waals surface area contributed by atoms with E-state index in [-0.39, 0.29) is 30.0 Å². The highest BCUT2D eigenvalue weighted by molar-refractivity contribution is 6.30. The average molecular weight is 388 g/mol. The lowest BCUT2D eigenvalue weighted by atomic mass is 10.1. The van der Waals surface area contributed by atoms with Crippen LogP contribution in [-0.4, -0.2) is 27.7 Å². The van der Waals surface area contributed by atoms with Gasteiger partial charge >= 0.3 is 0 Å². The fraction of sp³-hybridized carbons (Fsp3) is 0.211. The molecular formula is C19H18ClN3O4. The van der Waals surface area contributed by atoms with Crippen LogP contribution in [0.25, 0.3) is 11.0 Å². The number of pyridine rings is 2. The highest BCUT2D eigenvalue weighted by Crippen LogP contribution is 2.20. The zero-order valence-electron chi connectivity index (χ0n) is 14.8. The summed E-state index contributed by atoms with van der Waals surface area (Å²) in [6.07, 6.45) is 1.44. The monoisotopic (exact) mass is 387 g/mol. The van der Waals surface area contributed by atoms with Gasteiger partial charge in [-0.15, -0.1) is 0 Å². The number of nitrogens with zero attached hydrogens (tertiary/aromatic N) is 2. The molecule has 0 radical (unpaired) electrons. The molecule has 3 rings (SSSR count). The fourth-order valence-electron chi connectivity index (χ4n) is 2.75. The molecule has 0 atom stereocenters. The number of amides is 1. The molecule has 0 aliphatic heterocycles. The van der Waals surface area contributed by atoms with Crippen molar-refractivity contribution in [2.24, 2.45) is 7.05 Å². The summed E-state index contributed by atoms with van der Waals surface area (Å²) in [5.41, 5.74) is 1.14. The van der Waals surface area contributed by atoms with Gasteiger partial charge < -0.3 is 19.7 Å². The number of halogens is 1. The van der Waals surface area contributed by atoms with Crippen molar-refractivity contribution in [3.8, 4) is 5.88 Å². The Labute approximate surface area is 160 Å². The first-order chi connectivity index (χ1) is 12.9. The van der Waals surface area contributed by atoms with E-state index in [2.05, 4.69) is 10.3 Å². The highest BCUT2D eigenvalue weighted by atomic mass is 35.5. The van der Waals surface area contributed by atoms with Crippen LogP contribution in [0, 0.1) is 0 Å². The van der Waals surface area contributed by atoms with Crippen molar-refractivity contribution < 1.29 is 14.6 Å². The van der Waals surface area contributed by atoms with Crippen molar-refractivity contribution in [1.82, 2.24) is 14.9 Å². The second kappa shape index (κ2) is 7.77. The predicted molar refractivity (Wildman–Crippen MR) is 102 cm³/mol. The van der Waals surface area contributed by atoms with E-state index >= 15 is 0 Å². The number of aliphatic hydroxyl groups excluding tert-OH is 1. The van der Waals surface area contributed by atoms with Crippen molar-refractivity contribution in [2.45, 2.75) is 13.2 Å². The quantitative estimate of drug-likeness (QED) is 0.698. The maximum Gasteiger partial charge on any atom is 0.257 e. The molecular weight excluding hydrogens is 370 g/mol. The number of aliphatic hydroxyl groups is 1. The second-order valence-corrected chi connectivity index (χ2v) is 6.41. The molecule has 0 saturated carbocycles. The molecule has 27 heavy (non-hydrogen) atoms. The van der Waals surface area contributed by atoms with Gasteiger partial charge in [0.2, 0.25) is 11.3 Å². The molecule has 8 heteroatoms. The molecule has 0 fully saturated rings. The van der Waals surface area contributed by atoms with Gasteiger partial charge in [0, 0.05) is 30.4 Å². The number of ether oxygens (including phenoxy) is 1. The van der Waals surface area contributed by atoms with Gasteiger partial charge in [0.25, 0.3) is 5.91 Å². The Bertz CT molecular complexity index is 1060. The third-order valence-corrected chi connectivity index (χ3v) is 4.41. The number of aryl methyl sites for hydroxylation is 1. The Morgan fingerprint density at radius 1 is 1.33 bits per heavy atom. The number of aromatic nitrogens is 2. The zero-order chi connectivity index (χ0) is 19.6. The van der Waals surface area contributed by atoms with Gasteiger partial charge in [-0.1, -0.05) is 23.7 Å². The summed E-state index contributed by atoms with van der Waals surface area (Å²) in [5, 5.41) is 13.0. The van der Waals surface area contributed by atoms with Crippen LogP contribution < -0.4 is 15.5 Å². The van der Waals surface area contributed by atoms with Crippen molar-refractivity contribution in [3.63, 3.8) is 0 Å². The van der Waals surface area contributed by atoms with E-state index in [4.69, 9.17) is 16.3 Å². The molecule has 3 aromatic rings. The molecule has 1 amide bonds. The number of hydrogen-bond acceptors (Lipinski definition) is 5. The molecule has 2 N–H and O–H groups in total. The first kappa shape index (κ1) is 18.9. The summed E-state index contributed by atoms with van der Waals surface area (Å²) in [6.45, 7) is -0.0673. The van der Waals surface area contributed by atoms with E-state index in [0.717, 1.165) is 5.56 Å². The van der Waals surface area contributed by atoms with Gasteiger partial charge in [-0.2, -0.15) is 4.98 Å². The number of carbonyl (C=O) groups is 1. The third kappa shape index (κ3) is 3.79. The predicted octanol–water partition coefficient (Wildman–Crippen LogP) is 2.02. The van der Waals surface area contributed by atoms with Crippen LogP contribution in [0.1, 0.15) is 21.5 Å². The van der Waals surface area contributed by atoms with E-state index in [1.54, 1.807) is 35.9 Å². The van der Waals surface area contributed by atoms with E-state index in [1.165, 1.54) is 19.4 Å². The lowest BCUT2D eigenvalue weighted by Gasteiger charge is -2.12. The molecule has 0 aliphatic rings. The Kier molecular flexibility index (Phi) is 5.43. The first-order valence-electron chi connectivity index (χ1n) is 8.15. The number of hydrogen-bond donors (Lipinski definition) is 2. The Balaban J connectivity index is 1.96. The van der Waals surface area contributed by atoms with Crippen molar-refractivity contribution in [1.29, 1.82) is 0 Å². The normalized spacial score (nSPS) is 10.8. The van der Waals surface area contributed by atoms with Crippen LogP contribution in [0.4, 0.5) is 0 Å². The number of carbonyl (C=O) groups excluding carboxylic acids is 1. The minimum atomic E-state index is -0.492. The largest absolute Gasteiger partial charge is 0.481 e. The third-order valence-electron chi connectivity index (χ3n) is 4.16. The number of fused-ring (bicyclic) bond motifs is 1. The minimum absolute atomic E-state index is 0.00480. The average Bonchev–Trinajstić information content (AvgIpc) is 2.68. The summed E-state index contributed by atoms with van der Waals surface area (Å²) >= 11 is 5.85. The number of benzene rings is 1. The smallest absolute Gasteiger partial charge is 0.257 e. The maximum absolute atomic E-state index is 12.8. The molecule has 0 aliphatic carbocycles. The zero-order valence-corrected chi connectivity index (χ0v) is 15.6. The number of rotatable bonds is 5. The lowest BCUT2D eigenvalue weighted by Crippen LogP contribution is -2.29.